The Balaban J connectivity index is 2.26. The highest BCUT2D eigenvalue weighted by Gasteiger charge is 2.15. The summed E-state index contributed by atoms with van der Waals surface area (Å²) in [7, 11) is 1.63. The van der Waals surface area contributed by atoms with Crippen LogP contribution in [0.25, 0.3) is 16.9 Å². The van der Waals surface area contributed by atoms with Crippen LogP contribution in [0.2, 0.25) is 0 Å². The minimum absolute atomic E-state index is 0.0311. The molecule has 3 N–H and O–H groups in total. The number of hydrogen-bond donors (Lipinski definition) is 2. The number of aromatic nitrogens is 2. The quantitative estimate of drug-likeness (QED) is 0.774. The van der Waals surface area contributed by atoms with E-state index < -0.39 is 0 Å². The van der Waals surface area contributed by atoms with Crippen molar-refractivity contribution in [2.24, 2.45) is 0 Å². The number of methoxy groups -OCH3 is 1. The van der Waals surface area contributed by atoms with Gasteiger partial charge in [-0.2, -0.15) is 0 Å². The minimum Gasteiger partial charge on any atom is -0.496 e. The number of fused-ring (bicyclic) bond motifs is 1. The predicted octanol–water partition coefficient (Wildman–Crippen LogP) is 2.39. The Bertz CT molecular complexity index is 809. The van der Waals surface area contributed by atoms with Gasteiger partial charge >= 0.3 is 0 Å². The van der Waals surface area contributed by atoms with Gasteiger partial charge in [-0.25, -0.2) is 4.98 Å². The van der Waals surface area contributed by atoms with Crippen molar-refractivity contribution in [3.05, 3.63) is 47.7 Å². The summed E-state index contributed by atoms with van der Waals surface area (Å²) in [6.45, 7) is 1.98. The fourth-order valence-electron chi connectivity index (χ4n) is 2.41. The number of benzene rings is 1. The summed E-state index contributed by atoms with van der Waals surface area (Å²) in [4.78, 5) is 4.58. The zero-order valence-corrected chi connectivity index (χ0v) is 12.0. The third-order valence-electron chi connectivity index (χ3n) is 3.51. The highest BCUT2D eigenvalue weighted by Crippen LogP contribution is 2.34. The van der Waals surface area contributed by atoms with Crippen LogP contribution in [0, 0.1) is 6.92 Å². The SMILES string of the molecule is COc1ccc(C)cc1-c1nc2ccc(CO)cn2c1N. The molecule has 5 nitrogen and oxygen atoms in total. The van der Waals surface area contributed by atoms with Crippen molar-refractivity contribution in [3.63, 3.8) is 0 Å². The Kier molecular flexibility index (Phi) is 3.27. The lowest BCUT2D eigenvalue weighted by Gasteiger charge is -2.08. The van der Waals surface area contributed by atoms with E-state index in [1.54, 1.807) is 17.7 Å². The number of aliphatic hydroxyl groups excluding tert-OH is 1. The molecule has 0 radical (unpaired) electrons. The van der Waals surface area contributed by atoms with Crippen LogP contribution in [0.5, 0.6) is 5.75 Å². The molecule has 2 heterocycles. The van der Waals surface area contributed by atoms with Gasteiger partial charge in [-0.15, -0.1) is 0 Å². The first-order valence-corrected chi connectivity index (χ1v) is 6.66. The Morgan fingerprint density at radius 3 is 2.81 bits per heavy atom. The highest BCUT2D eigenvalue weighted by molar-refractivity contribution is 5.79. The maximum absolute atomic E-state index is 9.24. The van der Waals surface area contributed by atoms with Crippen LogP contribution >= 0.6 is 0 Å². The molecule has 0 bridgehead atoms. The molecule has 0 spiro atoms. The molecule has 0 aliphatic carbocycles. The van der Waals surface area contributed by atoms with Crippen molar-refractivity contribution in [2.75, 3.05) is 12.8 Å². The molecule has 0 saturated heterocycles. The standard InChI is InChI=1S/C16H17N3O2/c1-10-3-5-13(21-2)12(7-10)15-16(17)19-8-11(9-20)4-6-14(19)18-15/h3-8,20H,9,17H2,1-2H3. The maximum Gasteiger partial charge on any atom is 0.139 e. The predicted molar refractivity (Wildman–Crippen MR) is 82.3 cm³/mol. The number of rotatable bonds is 3. The number of ether oxygens (including phenoxy) is 1. The van der Waals surface area contributed by atoms with E-state index in [0.29, 0.717) is 11.5 Å². The van der Waals surface area contributed by atoms with Crippen LogP contribution in [0.15, 0.2) is 36.5 Å². The van der Waals surface area contributed by atoms with E-state index in [1.807, 2.05) is 37.3 Å². The molecule has 108 valence electrons. The van der Waals surface area contributed by atoms with Gasteiger partial charge in [-0.1, -0.05) is 17.7 Å². The maximum atomic E-state index is 9.24. The lowest BCUT2D eigenvalue weighted by Crippen LogP contribution is -1.97. The van der Waals surface area contributed by atoms with Crippen LogP contribution in [0.4, 0.5) is 5.82 Å². The van der Waals surface area contributed by atoms with E-state index in [-0.39, 0.29) is 6.61 Å². The zero-order valence-electron chi connectivity index (χ0n) is 12.0. The molecule has 5 heteroatoms. The summed E-state index contributed by atoms with van der Waals surface area (Å²) in [5.41, 5.74) is 10.4. The minimum atomic E-state index is -0.0311. The van der Waals surface area contributed by atoms with Crippen LogP contribution in [0.1, 0.15) is 11.1 Å². The van der Waals surface area contributed by atoms with Gasteiger partial charge in [-0.05, 0) is 30.7 Å². The molecule has 3 rings (SSSR count). The van der Waals surface area contributed by atoms with E-state index in [4.69, 9.17) is 10.5 Å². The zero-order chi connectivity index (χ0) is 15.0. The van der Waals surface area contributed by atoms with Crippen LogP contribution < -0.4 is 10.5 Å². The number of nitrogens with two attached hydrogens (primary N) is 1. The first-order valence-electron chi connectivity index (χ1n) is 6.66. The molecule has 2 aromatic heterocycles. The largest absolute Gasteiger partial charge is 0.496 e. The van der Waals surface area contributed by atoms with E-state index in [1.165, 1.54) is 0 Å². The fraction of sp³-hybridized carbons (Fsp3) is 0.188. The Labute approximate surface area is 122 Å². The second-order valence-electron chi connectivity index (χ2n) is 4.97. The third-order valence-corrected chi connectivity index (χ3v) is 3.51. The summed E-state index contributed by atoms with van der Waals surface area (Å²) >= 11 is 0. The van der Waals surface area contributed by atoms with Crippen LogP contribution in [0.3, 0.4) is 0 Å². The average molecular weight is 283 g/mol. The Hall–Kier alpha value is -2.53. The van der Waals surface area contributed by atoms with Crippen LogP contribution in [-0.4, -0.2) is 21.6 Å². The van der Waals surface area contributed by atoms with Gasteiger partial charge in [-0.3, -0.25) is 4.40 Å². The molecule has 0 fully saturated rings. The number of aliphatic hydroxyl groups is 1. The number of anilines is 1. The highest BCUT2D eigenvalue weighted by atomic mass is 16.5. The van der Waals surface area contributed by atoms with Gasteiger partial charge in [0, 0.05) is 11.8 Å². The van der Waals surface area contributed by atoms with Crippen molar-refractivity contribution in [1.29, 1.82) is 0 Å². The summed E-state index contributed by atoms with van der Waals surface area (Å²) in [6.07, 6.45) is 1.80. The van der Waals surface area contributed by atoms with Crippen molar-refractivity contribution < 1.29 is 9.84 Å². The van der Waals surface area contributed by atoms with Crippen molar-refractivity contribution in [2.45, 2.75) is 13.5 Å². The summed E-state index contributed by atoms with van der Waals surface area (Å²) in [6, 6.07) is 9.57. The van der Waals surface area contributed by atoms with Gasteiger partial charge in [0.25, 0.3) is 0 Å². The molecule has 0 saturated carbocycles. The van der Waals surface area contributed by atoms with Gasteiger partial charge < -0.3 is 15.6 Å². The Morgan fingerprint density at radius 1 is 1.29 bits per heavy atom. The van der Waals surface area contributed by atoms with Crippen molar-refractivity contribution in [3.8, 4) is 17.0 Å². The number of aryl methyl sites for hydroxylation is 1. The lowest BCUT2D eigenvalue weighted by molar-refractivity contribution is 0.281. The lowest BCUT2D eigenvalue weighted by atomic mass is 10.1. The second kappa shape index (κ2) is 5.10. The second-order valence-corrected chi connectivity index (χ2v) is 4.97. The molecular weight excluding hydrogens is 266 g/mol. The summed E-state index contributed by atoms with van der Waals surface area (Å²) in [5.74, 6) is 1.27. The first kappa shape index (κ1) is 13.5. The molecule has 0 unspecified atom stereocenters. The van der Waals surface area contributed by atoms with Gasteiger partial charge in [0.15, 0.2) is 0 Å². The van der Waals surface area contributed by atoms with Crippen molar-refractivity contribution in [1.82, 2.24) is 9.38 Å². The number of imidazole rings is 1. The van der Waals surface area contributed by atoms with E-state index in [9.17, 15) is 5.11 Å². The molecule has 1 aromatic carbocycles. The van der Waals surface area contributed by atoms with E-state index >= 15 is 0 Å². The molecule has 0 aliphatic rings. The summed E-state index contributed by atoms with van der Waals surface area (Å²) < 4.78 is 7.19. The average Bonchev–Trinajstić information content (AvgIpc) is 2.83. The van der Waals surface area contributed by atoms with Crippen LogP contribution in [-0.2, 0) is 6.61 Å². The normalized spacial score (nSPS) is 11.0. The number of hydrogen-bond acceptors (Lipinski definition) is 4. The monoisotopic (exact) mass is 283 g/mol. The number of pyridine rings is 1. The number of nitrogens with zero attached hydrogens (tertiary/aromatic N) is 2. The van der Waals surface area contributed by atoms with Gasteiger partial charge in [0.05, 0.1) is 13.7 Å². The van der Waals surface area contributed by atoms with E-state index in [0.717, 1.165) is 28.1 Å². The Morgan fingerprint density at radius 2 is 2.10 bits per heavy atom. The first-order chi connectivity index (χ1) is 10.1. The van der Waals surface area contributed by atoms with Crippen molar-refractivity contribution >= 4 is 11.5 Å². The van der Waals surface area contributed by atoms with E-state index in [2.05, 4.69) is 4.98 Å². The number of nitrogen functional groups attached to an aromatic ring is 1. The molecule has 3 aromatic rings. The van der Waals surface area contributed by atoms with Gasteiger partial charge in [0.2, 0.25) is 0 Å². The smallest absolute Gasteiger partial charge is 0.139 e. The molecular formula is C16H17N3O2. The summed E-state index contributed by atoms with van der Waals surface area (Å²) in [5, 5.41) is 9.24. The molecule has 0 aliphatic heterocycles. The molecule has 21 heavy (non-hydrogen) atoms. The van der Waals surface area contributed by atoms with Gasteiger partial charge in [0.1, 0.15) is 22.9 Å². The molecule has 0 atom stereocenters. The third kappa shape index (κ3) is 2.21. The topological polar surface area (TPSA) is 72.8 Å². The fourth-order valence-corrected chi connectivity index (χ4v) is 2.41. The molecule has 0 amide bonds.